The second kappa shape index (κ2) is 19.8. The molecule has 0 aliphatic heterocycles. The topological polar surface area (TPSA) is 193 Å². The van der Waals surface area contributed by atoms with Crippen molar-refractivity contribution in [3.05, 3.63) is 183 Å². The molecule has 8 rings (SSSR count). The number of benzene rings is 4. The van der Waals surface area contributed by atoms with E-state index in [1.165, 1.54) is 0 Å². The van der Waals surface area contributed by atoms with Gasteiger partial charge in [0.15, 0.2) is 5.78 Å². The van der Waals surface area contributed by atoms with Gasteiger partial charge in [0.1, 0.15) is 23.8 Å². The Labute approximate surface area is 381 Å². The number of fused-ring (bicyclic) bond motifs is 1. The number of nitrogens with two attached hydrogens (primary N) is 1. The minimum Gasteiger partial charge on any atom is -0.395 e. The normalized spacial score (nSPS) is 16.6. The number of Topliss-reactive ketones (excluding diaryl/α,β-unsaturated/α-hetero) is 1. The number of halogens is 2. The van der Waals surface area contributed by atoms with Crippen LogP contribution in [0.25, 0.3) is 0 Å². The van der Waals surface area contributed by atoms with Crippen LogP contribution in [0.3, 0.4) is 0 Å². The number of hydrogen-bond acceptors (Lipinski definition) is 8. The summed E-state index contributed by atoms with van der Waals surface area (Å²) in [5.41, 5.74) is 8.94. The zero-order chi connectivity index (χ0) is 43.9. The van der Waals surface area contributed by atoms with E-state index in [1.54, 1.807) is 29.1 Å². The first kappa shape index (κ1) is 44.0. The van der Waals surface area contributed by atoms with Crippen LogP contribution in [0, 0.1) is 11.8 Å². The molecule has 4 aromatic carbocycles. The maximum Gasteiger partial charge on any atom is 0.267 e. The molecule has 1 aliphatic carbocycles. The monoisotopic (exact) mass is 990 g/mol. The molecule has 0 saturated heterocycles. The Balaban J connectivity index is 1.33. The third-order valence-electron chi connectivity index (χ3n) is 11.2. The van der Waals surface area contributed by atoms with Gasteiger partial charge in [-0.25, -0.2) is 9.73 Å². The molecule has 7 N–H and O–H groups in total. The smallest absolute Gasteiger partial charge is 0.267 e. The number of aliphatic hydroxyl groups is 1. The fraction of sp³-hybridized carbons (Fsp3) is 0.191. The van der Waals surface area contributed by atoms with Crippen molar-refractivity contribution in [2.24, 2.45) is 22.3 Å². The average Bonchev–Trinajstić information content (AvgIpc) is 4.06. The number of H-pyrrole nitrogens is 2. The van der Waals surface area contributed by atoms with Crippen LogP contribution in [0.4, 0.5) is 5.95 Å². The molecule has 3 heterocycles. The Morgan fingerprint density at radius 3 is 1.76 bits per heavy atom. The van der Waals surface area contributed by atoms with E-state index in [9.17, 15) is 14.7 Å². The van der Waals surface area contributed by atoms with Gasteiger partial charge in [-0.15, -0.1) is 0 Å². The van der Waals surface area contributed by atoms with E-state index in [0.717, 1.165) is 21.5 Å². The number of aliphatic hydroxyl groups excluding tert-OH is 1. The molecule has 0 unspecified atom stereocenters. The summed E-state index contributed by atoms with van der Waals surface area (Å²) in [5, 5.41) is 19.6. The second-order valence-electron chi connectivity index (χ2n) is 15.2. The molecule has 63 heavy (non-hydrogen) atoms. The predicted molar refractivity (Wildman–Crippen MR) is 251 cm³/mol. The predicted octanol–water partition coefficient (Wildman–Crippen LogP) is 6.74. The maximum atomic E-state index is 15.5. The van der Waals surface area contributed by atoms with Crippen LogP contribution < -0.4 is 32.3 Å². The number of carbonyl (C=O) groups is 3. The van der Waals surface area contributed by atoms with E-state index in [1.807, 2.05) is 84.9 Å². The Bertz CT molecular complexity index is 2640. The third-order valence-corrected chi connectivity index (χ3v) is 15.8. The van der Waals surface area contributed by atoms with E-state index >= 15 is 4.79 Å². The van der Waals surface area contributed by atoms with Gasteiger partial charge in [0.2, 0.25) is 5.95 Å². The molecule has 16 heteroatoms. The number of hydrogen-bond donors (Lipinski definition) is 6. The van der Waals surface area contributed by atoms with Crippen molar-refractivity contribution in [1.29, 1.82) is 0 Å². The summed E-state index contributed by atoms with van der Waals surface area (Å²) in [4.78, 5) is 53.7. The van der Waals surface area contributed by atoms with Gasteiger partial charge in [0.05, 0.1) is 26.0 Å². The van der Waals surface area contributed by atoms with Gasteiger partial charge in [0, 0.05) is 68.2 Å². The van der Waals surface area contributed by atoms with Crippen LogP contribution in [-0.2, 0) is 18.1 Å². The number of amides is 2. The standard InChI is InChI=1S/C47H45Br2N8O5P/c48-31-21-39(51-23-31)45(60)53-25-36-37(26-54-46(61)40-22-32(49)24-52-40)44(59)43-42(41(36)38(50)27-58)55-47(57(43)29-62-28-30-13-5-1-6-14-30)56-63(33-15-7-2-8-16-33,34-17-9-3-10-18-34)35-19-11-4-12-20-35/h1-24,36-38,41,51-52,58H,25-29,50H2,(H,53,60)(H,54,61)/t36-,37+,38-,41-/m0/s1. The Morgan fingerprint density at radius 1 is 0.794 bits per heavy atom. The molecule has 0 bridgehead atoms. The van der Waals surface area contributed by atoms with Crippen molar-refractivity contribution in [1.82, 2.24) is 30.2 Å². The van der Waals surface area contributed by atoms with Crippen molar-refractivity contribution in [3.63, 3.8) is 0 Å². The fourth-order valence-corrected chi connectivity index (χ4v) is 12.4. The third kappa shape index (κ3) is 9.35. The van der Waals surface area contributed by atoms with Crippen molar-refractivity contribution in [3.8, 4) is 0 Å². The summed E-state index contributed by atoms with van der Waals surface area (Å²) >= 11 is 6.77. The summed E-state index contributed by atoms with van der Waals surface area (Å²) in [5.74, 6) is -3.41. The molecule has 13 nitrogen and oxygen atoms in total. The Morgan fingerprint density at radius 2 is 1.29 bits per heavy atom. The average molecular weight is 993 g/mol. The lowest BCUT2D eigenvalue weighted by Gasteiger charge is -2.39. The minimum atomic E-state index is -2.95. The summed E-state index contributed by atoms with van der Waals surface area (Å²) in [6, 6.07) is 42.3. The molecule has 1 aliphatic rings. The number of rotatable bonds is 16. The highest BCUT2D eigenvalue weighted by molar-refractivity contribution is 9.10. The molecule has 0 radical (unpaired) electrons. The van der Waals surface area contributed by atoms with E-state index in [-0.39, 0.29) is 43.9 Å². The number of carbonyl (C=O) groups excluding carboxylic acids is 3. The Kier molecular flexibility index (Phi) is 13.8. The first-order valence-corrected chi connectivity index (χ1v) is 23.7. The number of ketones is 1. The van der Waals surface area contributed by atoms with E-state index < -0.39 is 49.3 Å². The molecule has 4 atom stereocenters. The van der Waals surface area contributed by atoms with Gasteiger partial charge in [-0.1, -0.05) is 121 Å². The van der Waals surface area contributed by atoms with Gasteiger partial charge < -0.3 is 36.2 Å². The van der Waals surface area contributed by atoms with Crippen molar-refractivity contribution < 1.29 is 24.2 Å². The first-order chi connectivity index (χ1) is 30.7. The van der Waals surface area contributed by atoms with Gasteiger partial charge in [-0.05, 0) is 55.5 Å². The fourth-order valence-electron chi connectivity index (χ4n) is 8.24. The molecule has 2 amide bonds. The molecule has 3 aromatic heterocycles. The van der Waals surface area contributed by atoms with E-state index in [4.69, 9.17) is 20.2 Å². The molecule has 0 fully saturated rings. The molecular formula is C47H45Br2N8O5P. The quantitative estimate of drug-likeness (QED) is 0.0578. The lowest BCUT2D eigenvalue weighted by Crippen LogP contribution is -2.52. The summed E-state index contributed by atoms with van der Waals surface area (Å²) in [6.07, 6.45) is 3.29. The molecule has 322 valence electrons. The SMILES string of the molecule is N[C@@H](CO)[C@H]1c2nc(N=P(c3ccccc3)(c3ccccc3)c3ccccc3)n(COCc3ccccc3)c2C(=O)[C@H](CNC(=O)c2cc(Br)c[nH]2)[C@@H]1CNC(=O)c1cc(Br)c[nH]1. The number of nitrogens with one attached hydrogen (secondary N) is 4. The van der Waals surface area contributed by atoms with Gasteiger partial charge >= 0.3 is 0 Å². The van der Waals surface area contributed by atoms with Crippen molar-refractivity contribution >= 4 is 78.4 Å². The molecule has 0 spiro atoms. The highest BCUT2D eigenvalue weighted by Gasteiger charge is 2.48. The van der Waals surface area contributed by atoms with Crippen molar-refractivity contribution in [2.75, 3.05) is 19.7 Å². The van der Waals surface area contributed by atoms with E-state index in [2.05, 4.69) is 88.9 Å². The highest BCUT2D eigenvalue weighted by Crippen LogP contribution is 2.51. The van der Waals surface area contributed by atoms with Crippen molar-refractivity contribution in [2.45, 2.75) is 25.3 Å². The summed E-state index contributed by atoms with van der Waals surface area (Å²) in [7, 11) is -2.95. The van der Waals surface area contributed by atoms with Gasteiger partial charge in [0.25, 0.3) is 11.8 Å². The molecular weight excluding hydrogens is 947 g/mol. The number of aromatic nitrogens is 4. The largest absolute Gasteiger partial charge is 0.395 e. The molecule has 0 saturated carbocycles. The second-order valence-corrected chi connectivity index (χ2v) is 20.0. The zero-order valence-corrected chi connectivity index (χ0v) is 38.0. The van der Waals surface area contributed by atoms with Crippen LogP contribution in [0.2, 0.25) is 0 Å². The summed E-state index contributed by atoms with van der Waals surface area (Å²) < 4.78 is 15.3. The maximum absolute atomic E-state index is 15.5. The zero-order valence-electron chi connectivity index (χ0n) is 33.9. The lowest BCUT2D eigenvalue weighted by atomic mass is 9.68. The van der Waals surface area contributed by atoms with Crippen LogP contribution in [0.1, 0.15) is 48.6 Å². The summed E-state index contributed by atoms with van der Waals surface area (Å²) in [6.45, 7) is -0.492. The first-order valence-electron chi connectivity index (χ1n) is 20.3. The Hall–Kier alpha value is -5.67. The number of nitrogens with zero attached hydrogens (tertiary/aromatic N) is 3. The van der Waals surface area contributed by atoms with Crippen LogP contribution >= 0.6 is 38.9 Å². The number of aromatic amines is 2. The number of imidazole rings is 1. The number of ether oxygens (including phenoxy) is 1. The highest BCUT2D eigenvalue weighted by atomic mass is 79.9. The van der Waals surface area contributed by atoms with Gasteiger partial charge in [-0.3, -0.25) is 19.0 Å². The molecule has 7 aromatic rings. The van der Waals surface area contributed by atoms with Crippen LogP contribution in [0.15, 0.2) is 160 Å². The van der Waals surface area contributed by atoms with E-state index in [0.29, 0.717) is 26.0 Å². The van der Waals surface area contributed by atoms with Crippen LogP contribution in [-0.4, -0.2) is 68.0 Å². The van der Waals surface area contributed by atoms with Gasteiger partial charge in [-0.2, -0.15) is 0 Å². The lowest BCUT2D eigenvalue weighted by molar-refractivity contribution is 0.0572. The minimum absolute atomic E-state index is 0.0353. The van der Waals surface area contributed by atoms with Crippen LogP contribution in [0.5, 0.6) is 0 Å².